The summed E-state index contributed by atoms with van der Waals surface area (Å²) in [7, 11) is 0.196. The highest BCUT2D eigenvalue weighted by atomic mass is 127. The second kappa shape index (κ2) is 12.1. The van der Waals surface area contributed by atoms with Crippen LogP contribution in [0, 0.1) is 0 Å². The van der Waals surface area contributed by atoms with E-state index < -0.39 is 9.84 Å². The predicted octanol–water partition coefficient (Wildman–Crippen LogP) is 2.87. The molecule has 3 rings (SSSR count). The van der Waals surface area contributed by atoms with Crippen molar-refractivity contribution in [2.24, 2.45) is 4.99 Å². The van der Waals surface area contributed by atoms with E-state index >= 15 is 0 Å². The largest absolute Gasteiger partial charge is 0.497 e. The number of nitrogens with one attached hydrogen (secondary N) is 1. The highest BCUT2D eigenvalue weighted by Gasteiger charge is 2.20. The van der Waals surface area contributed by atoms with Crippen molar-refractivity contribution in [3.63, 3.8) is 0 Å². The Balaban J connectivity index is 0.00000341. The number of hydrogen-bond donors (Lipinski definition) is 1. The van der Waals surface area contributed by atoms with Crippen LogP contribution >= 0.6 is 24.0 Å². The van der Waals surface area contributed by atoms with E-state index in [1.165, 1.54) is 0 Å². The lowest BCUT2D eigenvalue weighted by molar-refractivity contribution is 0.372. The normalized spacial score (nSPS) is 14.7. The van der Waals surface area contributed by atoms with Crippen LogP contribution < -0.4 is 15.0 Å². The summed E-state index contributed by atoms with van der Waals surface area (Å²) < 4.78 is 30.1. The van der Waals surface area contributed by atoms with E-state index in [9.17, 15) is 8.42 Å². The number of rotatable bonds is 7. The molecule has 0 amide bonds. The number of aliphatic imine (C=N–C) groups is 1. The molecule has 0 aliphatic carbocycles. The molecule has 0 unspecified atom stereocenters. The molecule has 2 aromatic carbocycles. The fraction of sp³-hybridized carbons (Fsp3) is 0.409. The molecule has 0 spiro atoms. The van der Waals surface area contributed by atoms with Crippen LogP contribution in [0.4, 0.5) is 5.69 Å². The molecule has 1 aliphatic rings. The van der Waals surface area contributed by atoms with Crippen LogP contribution in [0.15, 0.2) is 64.5 Å². The van der Waals surface area contributed by atoms with Gasteiger partial charge >= 0.3 is 0 Å². The van der Waals surface area contributed by atoms with Crippen molar-refractivity contribution in [3.05, 3.63) is 54.6 Å². The van der Waals surface area contributed by atoms with E-state index in [0.717, 1.165) is 43.6 Å². The summed E-state index contributed by atoms with van der Waals surface area (Å²) in [6.45, 7) is 4.03. The summed E-state index contributed by atoms with van der Waals surface area (Å²) in [5, 5.41) is 3.31. The first-order chi connectivity index (χ1) is 14.5. The number of halogens is 1. The fourth-order valence-electron chi connectivity index (χ4n) is 3.52. The third kappa shape index (κ3) is 6.99. The number of anilines is 1. The van der Waals surface area contributed by atoms with Crippen LogP contribution in [-0.2, 0) is 9.84 Å². The molecule has 7 nitrogen and oxygen atoms in total. The Bertz CT molecular complexity index is 946. The van der Waals surface area contributed by atoms with Crippen LogP contribution in [0.3, 0.4) is 0 Å². The summed E-state index contributed by atoms with van der Waals surface area (Å²) in [5.41, 5.74) is 1.16. The average molecular weight is 558 g/mol. The van der Waals surface area contributed by atoms with E-state index in [2.05, 4.69) is 32.2 Å². The number of piperazine rings is 1. The number of hydrogen-bond acceptors (Lipinski definition) is 5. The minimum Gasteiger partial charge on any atom is -0.497 e. The number of guanidine groups is 1. The summed E-state index contributed by atoms with van der Waals surface area (Å²) in [5.74, 6) is 1.79. The van der Waals surface area contributed by atoms with Crippen molar-refractivity contribution < 1.29 is 13.2 Å². The van der Waals surface area contributed by atoms with Gasteiger partial charge in [-0.3, -0.25) is 4.99 Å². The average Bonchev–Trinajstić information content (AvgIpc) is 2.80. The van der Waals surface area contributed by atoms with Crippen LogP contribution in [0.1, 0.15) is 6.42 Å². The zero-order valence-corrected chi connectivity index (χ0v) is 21.2. The van der Waals surface area contributed by atoms with Crippen molar-refractivity contribution in [1.29, 1.82) is 0 Å². The summed E-state index contributed by atoms with van der Waals surface area (Å²) >= 11 is 0. The number of nitrogens with zero attached hydrogens (tertiary/aromatic N) is 3. The first-order valence-corrected chi connectivity index (χ1v) is 11.8. The lowest BCUT2D eigenvalue weighted by Crippen LogP contribution is -2.52. The maximum absolute atomic E-state index is 12.4. The standard InChI is InChI=1S/C22H30N4O3S.HI/c1-23-22(24-12-7-17-30(27,28)21-10-4-3-5-11-21)26-15-13-25(14-16-26)19-8-6-9-20(18-19)29-2;/h3-6,8-11,18H,7,12-17H2,1-2H3,(H,23,24);1H. The first-order valence-electron chi connectivity index (χ1n) is 10.2. The van der Waals surface area contributed by atoms with Gasteiger partial charge in [-0.15, -0.1) is 24.0 Å². The molecule has 0 radical (unpaired) electrons. The Hall–Kier alpha value is -2.01. The Labute approximate surface area is 202 Å². The zero-order valence-electron chi connectivity index (χ0n) is 18.0. The van der Waals surface area contributed by atoms with Crippen LogP contribution in [0.5, 0.6) is 5.75 Å². The van der Waals surface area contributed by atoms with Crippen molar-refractivity contribution >= 4 is 45.5 Å². The second-order valence-corrected chi connectivity index (χ2v) is 9.24. The number of methoxy groups -OCH3 is 1. The summed E-state index contributed by atoms with van der Waals surface area (Å²) in [6.07, 6.45) is 0.528. The van der Waals surface area contributed by atoms with Gasteiger partial charge in [0.15, 0.2) is 15.8 Å². The van der Waals surface area contributed by atoms with Gasteiger partial charge in [0.1, 0.15) is 5.75 Å². The van der Waals surface area contributed by atoms with Crippen molar-refractivity contribution in [1.82, 2.24) is 10.2 Å². The third-order valence-corrected chi connectivity index (χ3v) is 7.00. The topological polar surface area (TPSA) is 74.2 Å². The van der Waals surface area contributed by atoms with Gasteiger partial charge in [-0.25, -0.2) is 8.42 Å². The molecule has 1 fully saturated rings. The zero-order chi connectivity index (χ0) is 21.4. The van der Waals surface area contributed by atoms with Gasteiger partial charge in [-0.05, 0) is 30.7 Å². The first kappa shape index (κ1) is 25.3. The highest BCUT2D eigenvalue weighted by Crippen LogP contribution is 2.22. The number of sulfone groups is 1. The van der Waals surface area contributed by atoms with E-state index in [-0.39, 0.29) is 29.7 Å². The van der Waals surface area contributed by atoms with Crippen molar-refractivity contribution in [2.45, 2.75) is 11.3 Å². The van der Waals surface area contributed by atoms with Gasteiger partial charge in [-0.1, -0.05) is 24.3 Å². The van der Waals surface area contributed by atoms with Crippen molar-refractivity contribution in [2.75, 3.05) is 57.5 Å². The molecule has 9 heteroatoms. The molecular formula is C22H31IN4O3S. The second-order valence-electron chi connectivity index (χ2n) is 7.14. The van der Waals surface area contributed by atoms with E-state index in [4.69, 9.17) is 4.74 Å². The van der Waals surface area contributed by atoms with Gasteiger partial charge in [0.05, 0.1) is 17.8 Å². The lowest BCUT2D eigenvalue weighted by Gasteiger charge is -2.37. The van der Waals surface area contributed by atoms with Gasteiger partial charge in [-0.2, -0.15) is 0 Å². The predicted molar refractivity (Wildman–Crippen MR) is 137 cm³/mol. The van der Waals surface area contributed by atoms with Gasteiger partial charge in [0.2, 0.25) is 0 Å². The Morgan fingerprint density at radius 1 is 1.06 bits per heavy atom. The Morgan fingerprint density at radius 3 is 2.42 bits per heavy atom. The molecule has 1 saturated heterocycles. The number of ether oxygens (including phenoxy) is 1. The minimum atomic E-state index is -3.24. The molecule has 1 N–H and O–H groups in total. The lowest BCUT2D eigenvalue weighted by atomic mass is 10.2. The van der Waals surface area contributed by atoms with E-state index in [1.807, 2.05) is 18.2 Å². The highest BCUT2D eigenvalue weighted by molar-refractivity contribution is 14.0. The van der Waals surface area contributed by atoms with Crippen LogP contribution in [0.2, 0.25) is 0 Å². The van der Waals surface area contributed by atoms with E-state index in [1.54, 1.807) is 38.4 Å². The molecule has 1 aliphatic heterocycles. The van der Waals surface area contributed by atoms with Crippen LogP contribution in [0.25, 0.3) is 0 Å². The van der Waals surface area contributed by atoms with E-state index in [0.29, 0.717) is 17.9 Å². The van der Waals surface area contributed by atoms with Crippen LogP contribution in [-0.4, -0.2) is 71.9 Å². The summed E-state index contributed by atoms with van der Waals surface area (Å²) in [6, 6.07) is 16.7. The Kier molecular flexibility index (Phi) is 9.89. The Morgan fingerprint density at radius 2 is 1.77 bits per heavy atom. The molecule has 0 atom stereocenters. The molecule has 0 saturated carbocycles. The monoisotopic (exact) mass is 558 g/mol. The quantitative estimate of drug-likeness (QED) is 0.244. The SMILES string of the molecule is CN=C(NCCCS(=O)(=O)c1ccccc1)N1CCN(c2cccc(OC)c2)CC1.I. The van der Waals surface area contributed by atoms with Gasteiger partial charge in [0, 0.05) is 51.5 Å². The molecule has 1 heterocycles. The molecule has 0 bridgehead atoms. The van der Waals surface area contributed by atoms with Gasteiger partial charge < -0.3 is 19.9 Å². The molecule has 170 valence electrons. The fourth-order valence-corrected chi connectivity index (χ4v) is 4.86. The van der Waals surface area contributed by atoms with Gasteiger partial charge in [0.25, 0.3) is 0 Å². The van der Waals surface area contributed by atoms with Crippen molar-refractivity contribution in [3.8, 4) is 5.75 Å². The molecule has 31 heavy (non-hydrogen) atoms. The summed E-state index contributed by atoms with van der Waals surface area (Å²) in [4.78, 5) is 9.29. The molecule has 2 aromatic rings. The number of benzene rings is 2. The maximum Gasteiger partial charge on any atom is 0.193 e. The smallest absolute Gasteiger partial charge is 0.193 e. The molecular weight excluding hydrogens is 527 g/mol. The molecule has 0 aromatic heterocycles. The third-order valence-electron chi connectivity index (χ3n) is 5.18. The maximum atomic E-state index is 12.4. The minimum absolute atomic E-state index is 0.